The molecule has 0 saturated heterocycles. The highest BCUT2D eigenvalue weighted by Gasteiger charge is 2.26. The molecule has 0 aliphatic heterocycles. The zero-order valence-corrected chi connectivity index (χ0v) is 18.4. The van der Waals surface area contributed by atoms with Crippen LogP contribution in [0.1, 0.15) is 12.8 Å². The molecule has 0 unspecified atom stereocenters. The standard InChI is InChI=1S/C14H26F6N4.4ClH/c15-13(16,17)11-23-9-3-7-21-5-1-2-6-22-8-4-10-24-12-14(18,19)20;;;;/h1-2,21-24H,3-12H2;4*1H/b2-1-;;;;. The van der Waals surface area contributed by atoms with Gasteiger partial charge in [0.2, 0.25) is 0 Å². The molecular weight excluding hydrogens is 480 g/mol. The van der Waals surface area contributed by atoms with E-state index in [0.29, 0.717) is 52.1 Å². The molecule has 0 aromatic heterocycles. The van der Waals surface area contributed by atoms with Gasteiger partial charge in [-0.3, -0.25) is 0 Å². The van der Waals surface area contributed by atoms with Crippen LogP contribution in [0, 0.1) is 0 Å². The zero-order valence-electron chi connectivity index (χ0n) is 15.1. The third-order valence-corrected chi connectivity index (χ3v) is 2.76. The van der Waals surface area contributed by atoms with Crippen LogP contribution in [-0.4, -0.2) is 64.7 Å². The van der Waals surface area contributed by atoms with Crippen LogP contribution < -0.4 is 21.3 Å². The van der Waals surface area contributed by atoms with E-state index in [4.69, 9.17) is 0 Å². The summed E-state index contributed by atoms with van der Waals surface area (Å²) in [5.41, 5.74) is 0. The number of alkyl halides is 6. The quantitative estimate of drug-likeness (QED) is 0.164. The highest BCUT2D eigenvalue weighted by atomic mass is 35.5. The van der Waals surface area contributed by atoms with E-state index in [2.05, 4.69) is 21.3 Å². The van der Waals surface area contributed by atoms with Crippen LogP contribution >= 0.6 is 49.6 Å². The van der Waals surface area contributed by atoms with Crippen molar-refractivity contribution in [3.05, 3.63) is 12.2 Å². The third kappa shape index (κ3) is 37.1. The molecule has 0 bridgehead atoms. The zero-order chi connectivity index (χ0) is 18.3. The lowest BCUT2D eigenvalue weighted by Crippen LogP contribution is -2.31. The predicted octanol–water partition coefficient (Wildman–Crippen LogP) is 3.49. The lowest BCUT2D eigenvalue weighted by molar-refractivity contribution is -0.125. The third-order valence-electron chi connectivity index (χ3n) is 2.76. The first-order chi connectivity index (χ1) is 11.2. The van der Waals surface area contributed by atoms with Crippen LogP contribution in [0.4, 0.5) is 26.3 Å². The van der Waals surface area contributed by atoms with Gasteiger partial charge in [0.25, 0.3) is 0 Å². The monoisotopic (exact) mass is 508 g/mol. The predicted molar refractivity (Wildman–Crippen MR) is 111 cm³/mol. The Balaban J connectivity index is -0.000000441. The second kappa shape index (κ2) is 23.6. The van der Waals surface area contributed by atoms with Gasteiger partial charge >= 0.3 is 12.4 Å². The average molecular weight is 510 g/mol. The smallest absolute Gasteiger partial charge is 0.313 e. The molecule has 0 atom stereocenters. The fourth-order valence-electron chi connectivity index (χ4n) is 1.67. The van der Waals surface area contributed by atoms with Crippen LogP contribution in [0.25, 0.3) is 0 Å². The normalized spacial score (nSPS) is 11.2. The highest BCUT2D eigenvalue weighted by Crippen LogP contribution is 2.12. The molecule has 0 heterocycles. The molecule has 0 amide bonds. The van der Waals surface area contributed by atoms with Gasteiger partial charge in [0.1, 0.15) is 0 Å². The summed E-state index contributed by atoms with van der Waals surface area (Å²) in [7, 11) is 0. The fourth-order valence-corrected chi connectivity index (χ4v) is 1.67. The SMILES string of the molecule is Cl.Cl.Cl.Cl.FC(F)(F)CNCCCNC/C=C\CNCCCNCC(F)(F)F. The molecular formula is C14H30Cl4F6N4. The van der Waals surface area contributed by atoms with E-state index >= 15 is 0 Å². The molecule has 0 saturated carbocycles. The summed E-state index contributed by atoms with van der Waals surface area (Å²) in [5.74, 6) is 0. The minimum Gasteiger partial charge on any atom is -0.313 e. The van der Waals surface area contributed by atoms with Crippen molar-refractivity contribution in [1.29, 1.82) is 0 Å². The van der Waals surface area contributed by atoms with Gasteiger partial charge in [-0.05, 0) is 39.0 Å². The van der Waals surface area contributed by atoms with Crippen molar-refractivity contribution in [2.45, 2.75) is 25.2 Å². The largest absolute Gasteiger partial charge is 0.401 e. The maximum absolute atomic E-state index is 11.8. The molecule has 176 valence electrons. The molecule has 0 aliphatic carbocycles. The van der Waals surface area contributed by atoms with E-state index in [1.54, 1.807) is 0 Å². The average Bonchev–Trinajstić information content (AvgIpc) is 2.44. The topological polar surface area (TPSA) is 48.1 Å². The van der Waals surface area contributed by atoms with E-state index in [1.807, 2.05) is 12.2 Å². The molecule has 0 rings (SSSR count). The minimum atomic E-state index is -4.17. The summed E-state index contributed by atoms with van der Waals surface area (Å²) in [6.45, 7) is 1.15. The molecule has 0 aromatic rings. The summed E-state index contributed by atoms with van der Waals surface area (Å²) < 4.78 is 71.0. The number of halogens is 10. The van der Waals surface area contributed by atoms with Gasteiger partial charge in [-0.1, -0.05) is 12.2 Å². The summed E-state index contributed by atoms with van der Waals surface area (Å²) in [5, 5.41) is 10.8. The Kier molecular flexibility index (Phi) is 32.8. The van der Waals surface area contributed by atoms with Gasteiger partial charge in [0.05, 0.1) is 13.1 Å². The first kappa shape index (κ1) is 38.9. The molecule has 4 nitrogen and oxygen atoms in total. The molecule has 28 heavy (non-hydrogen) atoms. The van der Waals surface area contributed by atoms with Crippen molar-refractivity contribution >= 4 is 49.6 Å². The van der Waals surface area contributed by atoms with Gasteiger partial charge in [-0.25, -0.2) is 0 Å². The first-order valence-corrected chi connectivity index (χ1v) is 7.82. The van der Waals surface area contributed by atoms with Crippen molar-refractivity contribution in [1.82, 2.24) is 21.3 Å². The van der Waals surface area contributed by atoms with Crippen molar-refractivity contribution in [3.63, 3.8) is 0 Å². The van der Waals surface area contributed by atoms with Gasteiger partial charge in [-0.15, -0.1) is 49.6 Å². The maximum Gasteiger partial charge on any atom is 0.401 e. The lowest BCUT2D eigenvalue weighted by atomic mass is 10.4. The van der Waals surface area contributed by atoms with Crippen molar-refractivity contribution in [3.8, 4) is 0 Å². The second-order valence-corrected chi connectivity index (χ2v) is 5.17. The number of rotatable bonds is 14. The van der Waals surface area contributed by atoms with Crippen LogP contribution in [-0.2, 0) is 0 Å². The Labute approximate surface area is 187 Å². The van der Waals surface area contributed by atoms with Gasteiger partial charge in [0.15, 0.2) is 0 Å². The Morgan fingerprint density at radius 1 is 0.500 bits per heavy atom. The van der Waals surface area contributed by atoms with Crippen LogP contribution in [0.15, 0.2) is 12.2 Å². The lowest BCUT2D eigenvalue weighted by Gasteiger charge is -2.08. The van der Waals surface area contributed by atoms with Gasteiger partial charge in [-0.2, -0.15) is 26.3 Å². The molecule has 4 N–H and O–H groups in total. The Morgan fingerprint density at radius 2 is 0.786 bits per heavy atom. The molecule has 0 aliphatic rings. The summed E-state index contributed by atoms with van der Waals surface area (Å²) in [6, 6.07) is 0. The second-order valence-electron chi connectivity index (χ2n) is 5.17. The molecule has 0 fully saturated rings. The Morgan fingerprint density at radius 3 is 1.07 bits per heavy atom. The Bertz CT molecular complexity index is 304. The van der Waals surface area contributed by atoms with E-state index in [-0.39, 0.29) is 49.6 Å². The summed E-state index contributed by atoms with van der Waals surface area (Å²) >= 11 is 0. The van der Waals surface area contributed by atoms with E-state index in [0.717, 1.165) is 0 Å². The van der Waals surface area contributed by atoms with E-state index in [9.17, 15) is 26.3 Å². The molecule has 0 radical (unpaired) electrons. The van der Waals surface area contributed by atoms with Crippen molar-refractivity contribution in [2.75, 3.05) is 52.4 Å². The summed E-state index contributed by atoms with van der Waals surface area (Å²) in [6.07, 6.45) is -3.36. The Hall–Kier alpha value is 0.320. The van der Waals surface area contributed by atoms with Crippen LogP contribution in [0.5, 0.6) is 0 Å². The van der Waals surface area contributed by atoms with E-state index in [1.165, 1.54) is 0 Å². The van der Waals surface area contributed by atoms with Gasteiger partial charge in [0, 0.05) is 13.1 Å². The number of hydrogen-bond acceptors (Lipinski definition) is 4. The van der Waals surface area contributed by atoms with Crippen LogP contribution in [0.3, 0.4) is 0 Å². The first-order valence-electron chi connectivity index (χ1n) is 7.82. The molecule has 0 aromatic carbocycles. The maximum atomic E-state index is 11.8. The highest BCUT2D eigenvalue weighted by molar-refractivity contribution is 5.86. The molecule has 0 spiro atoms. The van der Waals surface area contributed by atoms with Crippen LogP contribution in [0.2, 0.25) is 0 Å². The summed E-state index contributed by atoms with van der Waals surface area (Å²) in [4.78, 5) is 0. The fraction of sp³-hybridized carbons (Fsp3) is 0.857. The minimum absolute atomic E-state index is 0. The van der Waals surface area contributed by atoms with Crippen molar-refractivity contribution in [2.24, 2.45) is 0 Å². The van der Waals surface area contributed by atoms with E-state index < -0.39 is 25.4 Å². The van der Waals surface area contributed by atoms with Gasteiger partial charge < -0.3 is 21.3 Å². The number of hydrogen-bond donors (Lipinski definition) is 4. The molecule has 14 heteroatoms. The number of nitrogens with one attached hydrogen (secondary N) is 4. The van der Waals surface area contributed by atoms with Crippen molar-refractivity contribution < 1.29 is 26.3 Å².